The molecule has 7 heteroatoms. The lowest BCUT2D eigenvalue weighted by molar-refractivity contribution is -0.131. The number of benzene rings is 2. The number of carbonyl (C=O) groups excluding carboxylic acids is 1. The zero-order valence-electron chi connectivity index (χ0n) is 15.8. The van der Waals surface area contributed by atoms with Crippen molar-refractivity contribution < 1.29 is 9.32 Å². The number of aromatic nitrogens is 3. The van der Waals surface area contributed by atoms with Crippen molar-refractivity contribution >= 4 is 17.5 Å². The van der Waals surface area contributed by atoms with E-state index in [-0.39, 0.29) is 12.5 Å². The third-order valence-corrected chi connectivity index (χ3v) is 4.79. The molecule has 6 nitrogen and oxygen atoms in total. The van der Waals surface area contributed by atoms with E-state index in [1.807, 2.05) is 60.8 Å². The SMILES string of the molecule is CN(Cc1ccccc1)C(=O)Cn1cccc1-c1nc(-c2cccc(Cl)c2)no1. The van der Waals surface area contributed by atoms with Gasteiger partial charge in [0.2, 0.25) is 11.7 Å². The molecule has 0 fully saturated rings. The van der Waals surface area contributed by atoms with Crippen LogP contribution in [0.5, 0.6) is 0 Å². The standard InChI is InChI=1S/C22H19ClN4O2/c1-26(14-16-7-3-2-4-8-16)20(28)15-27-12-6-11-19(27)22-24-21(25-29-22)17-9-5-10-18(23)13-17/h2-13H,14-15H2,1H3. The Balaban J connectivity index is 1.49. The Labute approximate surface area is 173 Å². The van der Waals surface area contributed by atoms with Crippen molar-refractivity contribution in [2.24, 2.45) is 0 Å². The normalized spacial score (nSPS) is 10.8. The monoisotopic (exact) mass is 406 g/mol. The Morgan fingerprint density at radius 1 is 1.10 bits per heavy atom. The van der Waals surface area contributed by atoms with Crippen molar-refractivity contribution in [3.8, 4) is 23.0 Å². The molecule has 0 saturated heterocycles. The van der Waals surface area contributed by atoms with Crippen LogP contribution in [0, 0.1) is 0 Å². The van der Waals surface area contributed by atoms with Gasteiger partial charge in [-0.05, 0) is 29.8 Å². The molecule has 29 heavy (non-hydrogen) atoms. The Kier molecular flexibility index (Phi) is 5.44. The van der Waals surface area contributed by atoms with Gasteiger partial charge in [-0.15, -0.1) is 0 Å². The lowest BCUT2D eigenvalue weighted by atomic mass is 10.2. The molecular weight excluding hydrogens is 388 g/mol. The zero-order chi connectivity index (χ0) is 20.2. The summed E-state index contributed by atoms with van der Waals surface area (Å²) in [4.78, 5) is 18.8. The molecular formula is C22H19ClN4O2. The van der Waals surface area contributed by atoms with E-state index in [0.717, 1.165) is 11.1 Å². The number of halogens is 1. The van der Waals surface area contributed by atoms with Crippen LogP contribution in [0.1, 0.15) is 5.56 Å². The van der Waals surface area contributed by atoms with E-state index in [4.69, 9.17) is 16.1 Å². The van der Waals surface area contributed by atoms with E-state index in [1.165, 1.54) is 0 Å². The van der Waals surface area contributed by atoms with Gasteiger partial charge in [0.1, 0.15) is 12.2 Å². The van der Waals surface area contributed by atoms with E-state index in [2.05, 4.69) is 10.1 Å². The fraction of sp³-hybridized carbons (Fsp3) is 0.136. The first-order valence-corrected chi connectivity index (χ1v) is 9.51. The zero-order valence-corrected chi connectivity index (χ0v) is 16.6. The Morgan fingerprint density at radius 3 is 2.72 bits per heavy atom. The van der Waals surface area contributed by atoms with Gasteiger partial charge >= 0.3 is 0 Å². The molecule has 4 rings (SSSR count). The number of likely N-dealkylation sites (N-methyl/N-ethyl adjacent to an activating group) is 1. The molecule has 146 valence electrons. The summed E-state index contributed by atoms with van der Waals surface area (Å²) in [5.41, 5.74) is 2.54. The molecule has 0 unspecified atom stereocenters. The molecule has 2 aromatic carbocycles. The third kappa shape index (κ3) is 4.38. The van der Waals surface area contributed by atoms with Crippen LogP contribution in [0.25, 0.3) is 23.0 Å². The molecule has 0 N–H and O–H groups in total. The van der Waals surface area contributed by atoms with Gasteiger partial charge in [0.15, 0.2) is 0 Å². The minimum absolute atomic E-state index is 0.0131. The molecule has 2 aromatic heterocycles. The Bertz CT molecular complexity index is 1120. The molecule has 1 amide bonds. The van der Waals surface area contributed by atoms with Crippen LogP contribution in [0.15, 0.2) is 77.4 Å². The predicted octanol–water partition coefficient (Wildman–Crippen LogP) is 4.52. The summed E-state index contributed by atoms with van der Waals surface area (Å²) in [6.45, 7) is 0.732. The summed E-state index contributed by atoms with van der Waals surface area (Å²) in [5.74, 6) is 0.784. The molecule has 2 heterocycles. The maximum absolute atomic E-state index is 12.7. The van der Waals surface area contributed by atoms with Crippen LogP contribution in [0.3, 0.4) is 0 Å². The first-order chi connectivity index (χ1) is 14.1. The Hall–Kier alpha value is -3.38. The quantitative estimate of drug-likeness (QED) is 0.472. The number of rotatable bonds is 6. The van der Waals surface area contributed by atoms with Crippen LogP contribution in [-0.2, 0) is 17.9 Å². The van der Waals surface area contributed by atoms with E-state index < -0.39 is 0 Å². The van der Waals surface area contributed by atoms with E-state index >= 15 is 0 Å². The number of hydrogen-bond acceptors (Lipinski definition) is 4. The number of nitrogens with zero attached hydrogens (tertiary/aromatic N) is 4. The Morgan fingerprint density at radius 2 is 1.93 bits per heavy atom. The highest BCUT2D eigenvalue weighted by molar-refractivity contribution is 6.30. The highest BCUT2D eigenvalue weighted by Crippen LogP contribution is 2.24. The van der Waals surface area contributed by atoms with Gasteiger partial charge in [-0.25, -0.2) is 0 Å². The second-order valence-corrected chi connectivity index (χ2v) is 7.13. The molecule has 0 spiro atoms. The van der Waals surface area contributed by atoms with Crippen molar-refractivity contribution in [2.75, 3.05) is 7.05 Å². The van der Waals surface area contributed by atoms with Crippen molar-refractivity contribution in [3.63, 3.8) is 0 Å². The van der Waals surface area contributed by atoms with E-state index in [0.29, 0.717) is 29.0 Å². The highest BCUT2D eigenvalue weighted by atomic mass is 35.5. The first-order valence-electron chi connectivity index (χ1n) is 9.13. The molecule has 0 atom stereocenters. The highest BCUT2D eigenvalue weighted by Gasteiger charge is 2.17. The minimum atomic E-state index is -0.0131. The minimum Gasteiger partial charge on any atom is -0.340 e. The van der Waals surface area contributed by atoms with Gasteiger partial charge in [-0.1, -0.05) is 59.2 Å². The summed E-state index contributed by atoms with van der Waals surface area (Å²) < 4.78 is 7.24. The number of hydrogen-bond donors (Lipinski definition) is 0. The van der Waals surface area contributed by atoms with Crippen molar-refractivity contribution in [2.45, 2.75) is 13.1 Å². The average molecular weight is 407 g/mol. The van der Waals surface area contributed by atoms with Gasteiger partial charge in [0, 0.05) is 30.4 Å². The average Bonchev–Trinajstić information content (AvgIpc) is 3.38. The third-order valence-electron chi connectivity index (χ3n) is 4.55. The molecule has 0 bridgehead atoms. The van der Waals surface area contributed by atoms with Gasteiger partial charge < -0.3 is 14.0 Å². The second-order valence-electron chi connectivity index (χ2n) is 6.69. The number of carbonyl (C=O) groups is 1. The molecule has 0 aliphatic rings. The number of amides is 1. The predicted molar refractivity (Wildman–Crippen MR) is 111 cm³/mol. The molecule has 0 aliphatic heterocycles. The van der Waals surface area contributed by atoms with Crippen molar-refractivity contribution in [1.82, 2.24) is 19.6 Å². The van der Waals surface area contributed by atoms with Crippen LogP contribution < -0.4 is 0 Å². The van der Waals surface area contributed by atoms with E-state index in [9.17, 15) is 4.79 Å². The van der Waals surface area contributed by atoms with Gasteiger partial charge in [0.05, 0.1) is 0 Å². The van der Waals surface area contributed by atoms with Gasteiger partial charge in [-0.3, -0.25) is 4.79 Å². The summed E-state index contributed by atoms with van der Waals surface area (Å²) in [6, 6.07) is 20.8. The second kappa shape index (κ2) is 8.32. The molecule has 0 aliphatic carbocycles. The lowest BCUT2D eigenvalue weighted by Gasteiger charge is -2.18. The summed E-state index contributed by atoms with van der Waals surface area (Å²) in [5, 5.41) is 4.64. The van der Waals surface area contributed by atoms with Crippen LogP contribution in [-0.4, -0.2) is 32.6 Å². The first kappa shape index (κ1) is 19.0. The van der Waals surface area contributed by atoms with E-state index in [1.54, 1.807) is 28.6 Å². The largest absolute Gasteiger partial charge is 0.340 e. The lowest BCUT2D eigenvalue weighted by Crippen LogP contribution is -2.29. The van der Waals surface area contributed by atoms with Crippen molar-refractivity contribution in [1.29, 1.82) is 0 Å². The summed E-state index contributed by atoms with van der Waals surface area (Å²) in [7, 11) is 1.79. The maximum atomic E-state index is 12.7. The fourth-order valence-corrected chi connectivity index (χ4v) is 3.22. The summed E-state index contributed by atoms with van der Waals surface area (Å²) >= 11 is 6.04. The molecule has 4 aromatic rings. The van der Waals surface area contributed by atoms with Crippen LogP contribution in [0.4, 0.5) is 0 Å². The van der Waals surface area contributed by atoms with Crippen molar-refractivity contribution in [3.05, 3.63) is 83.5 Å². The topological polar surface area (TPSA) is 64.2 Å². The smallest absolute Gasteiger partial charge is 0.274 e. The van der Waals surface area contributed by atoms with Gasteiger partial charge in [0.25, 0.3) is 5.89 Å². The van der Waals surface area contributed by atoms with Crippen LogP contribution >= 0.6 is 11.6 Å². The molecule has 0 radical (unpaired) electrons. The summed E-state index contributed by atoms with van der Waals surface area (Å²) in [6.07, 6.45) is 1.83. The van der Waals surface area contributed by atoms with Crippen LogP contribution in [0.2, 0.25) is 5.02 Å². The molecule has 0 saturated carbocycles. The van der Waals surface area contributed by atoms with Gasteiger partial charge in [-0.2, -0.15) is 4.98 Å². The fourth-order valence-electron chi connectivity index (χ4n) is 3.03. The maximum Gasteiger partial charge on any atom is 0.274 e.